The predicted molar refractivity (Wildman–Crippen MR) is 91.2 cm³/mol. The number of carbonyl (C=O) groups excluding carboxylic acids is 1. The average molecular weight is 312 g/mol. The minimum Gasteiger partial charge on any atom is -0.371 e. The molecule has 0 unspecified atom stereocenters. The van der Waals surface area contributed by atoms with Crippen LogP contribution in [-0.2, 0) is 11.3 Å². The largest absolute Gasteiger partial charge is 0.371 e. The monoisotopic (exact) mass is 312 g/mol. The molecular formula is C18H24N4O. The number of aromatic nitrogens is 2. The smallest absolute Gasteiger partial charge is 0.224 e. The fraction of sp³-hybridized carbons (Fsp3) is 0.444. The van der Waals surface area contributed by atoms with Gasteiger partial charge in [0.2, 0.25) is 5.91 Å². The third kappa shape index (κ3) is 4.12. The van der Waals surface area contributed by atoms with Gasteiger partial charge < -0.3 is 10.2 Å². The highest BCUT2D eigenvalue weighted by molar-refractivity contribution is 5.78. The number of hydrogen-bond acceptors (Lipinski definition) is 3. The molecule has 0 bridgehead atoms. The van der Waals surface area contributed by atoms with Crippen LogP contribution in [0.2, 0.25) is 0 Å². The zero-order chi connectivity index (χ0) is 16.1. The summed E-state index contributed by atoms with van der Waals surface area (Å²) < 4.78 is 1.81. The number of benzene rings is 1. The van der Waals surface area contributed by atoms with Crippen molar-refractivity contribution >= 4 is 11.6 Å². The first-order valence-electron chi connectivity index (χ1n) is 8.30. The highest BCUT2D eigenvalue weighted by Crippen LogP contribution is 2.19. The summed E-state index contributed by atoms with van der Waals surface area (Å²) in [6, 6.07) is 12.6. The fourth-order valence-corrected chi connectivity index (χ4v) is 3.04. The Morgan fingerprint density at radius 3 is 2.65 bits per heavy atom. The molecule has 1 aliphatic heterocycles. The second-order valence-electron chi connectivity index (χ2n) is 6.23. The van der Waals surface area contributed by atoms with Crippen molar-refractivity contribution in [3.63, 3.8) is 0 Å². The molecule has 1 aliphatic rings. The number of anilines is 1. The van der Waals surface area contributed by atoms with Crippen LogP contribution in [0.15, 0.2) is 48.8 Å². The molecule has 1 aromatic heterocycles. The number of rotatable bonds is 5. The summed E-state index contributed by atoms with van der Waals surface area (Å²) >= 11 is 0. The third-order valence-corrected chi connectivity index (χ3v) is 4.43. The molecule has 1 amide bonds. The van der Waals surface area contributed by atoms with E-state index in [2.05, 4.69) is 39.6 Å². The normalized spacial score (nSPS) is 17.0. The minimum absolute atomic E-state index is 0.0675. The van der Waals surface area contributed by atoms with Crippen LogP contribution in [0.3, 0.4) is 0 Å². The number of carbonyl (C=O) groups is 1. The molecular weight excluding hydrogens is 288 g/mol. The summed E-state index contributed by atoms with van der Waals surface area (Å²) in [5.74, 6) is 0.0562. The topological polar surface area (TPSA) is 50.2 Å². The van der Waals surface area contributed by atoms with Crippen LogP contribution in [0.4, 0.5) is 5.69 Å². The Morgan fingerprint density at radius 1 is 1.26 bits per heavy atom. The van der Waals surface area contributed by atoms with E-state index in [1.165, 1.54) is 5.69 Å². The van der Waals surface area contributed by atoms with Crippen molar-refractivity contribution in [1.82, 2.24) is 15.1 Å². The van der Waals surface area contributed by atoms with Crippen LogP contribution in [0.25, 0.3) is 0 Å². The lowest BCUT2D eigenvalue weighted by atomic mass is 10.0. The summed E-state index contributed by atoms with van der Waals surface area (Å²) in [7, 11) is 0. The van der Waals surface area contributed by atoms with E-state index < -0.39 is 0 Å². The Morgan fingerprint density at radius 2 is 2.00 bits per heavy atom. The number of nitrogens with one attached hydrogen (secondary N) is 1. The maximum atomic E-state index is 12.3. The summed E-state index contributed by atoms with van der Waals surface area (Å²) in [5, 5.41) is 7.36. The van der Waals surface area contributed by atoms with Gasteiger partial charge in [0.25, 0.3) is 0 Å². The van der Waals surface area contributed by atoms with Crippen molar-refractivity contribution in [1.29, 1.82) is 0 Å². The molecule has 1 fully saturated rings. The quantitative estimate of drug-likeness (QED) is 0.922. The second kappa shape index (κ2) is 7.31. The van der Waals surface area contributed by atoms with Crippen LogP contribution in [0.5, 0.6) is 0 Å². The Hall–Kier alpha value is -2.30. The number of para-hydroxylation sites is 1. The van der Waals surface area contributed by atoms with Gasteiger partial charge in [-0.05, 0) is 31.0 Å². The lowest BCUT2D eigenvalue weighted by Crippen LogP contribution is -2.46. The fourth-order valence-electron chi connectivity index (χ4n) is 3.04. The van der Waals surface area contributed by atoms with E-state index in [4.69, 9.17) is 0 Å². The summed E-state index contributed by atoms with van der Waals surface area (Å²) in [5.41, 5.74) is 1.27. The third-order valence-electron chi connectivity index (χ3n) is 4.43. The van der Waals surface area contributed by atoms with Gasteiger partial charge in [-0.3, -0.25) is 9.48 Å². The Kier molecular flexibility index (Phi) is 4.95. The van der Waals surface area contributed by atoms with Gasteiger partial charge in [0.1, 0.15) is 0 Å². The van der Waals surface area contributed by atoms with E-state index >= 15 is 0 Å². The number of piperidine rings is 1. The van der Waals surface area contributed by atoms with Crippen molar-refractivity contribution in [2.45, 2.75) is 32.4 Å². The number of hydrogen-bond donors (Lipinski definition) is 1. The molecule has 2 aromatic rings. The first-order valence-corrected chi connectivity index (χ1v) is 8.30. The standard InChI is InChI=1S/C18H24N4O/c1-15(14-22-11-5-10-19-22)18(23)20-16-8-12-21(13-9-16)17-6-3-2-4-7-17/h2-7,10-11,15-16H,8-9,12-14H2,1H3,(H,20,23)/t15-/m0/s1. The molecule has 1 aromatic carbocycles. The highest BCUT2D eigenvalue weighted by atomic mass is 16.1. The zero-order valence-corrected chi connectivity index (χ0v) is 13.6. The number of amides is 1. The van der Waals surface area contributed by atoms with Crippen molar-refractivity contribution < 1.29 is 4.79 Å². The van der Waals surface area contributed by atoms with Gasteiger partial charge in [-0.25, -0.2) is 0 Å². The molecule has 122 valence electrons. The maximum absolute atomic E-state index is 12.3. The molecule has 5 heteroatoms. The van der Waals surface area contributed by atoms with E-state index in [-0.39, 0.29) is 17.9 Å². The molecule has 0 radical (unpaired) electrons. The molecule has 23 heavy (non-hydrogen) atoms. The van der Waals surface area contributed by atoms with Crippen LogP contribution in [0, 0.1) is 5.92 Å². The molecule has 2 heterocycles. The Balaban J connectivity index is 1.46. The molecule has 3 rings (SSSR count). The molecule has 0 aliphatic carbocycles. The summed E-state index contributed by atoms with van der Waals surface area (Å²) in [4.78, 5) is 14.7. The van der Waals surface area contributed by atoms with Crippen molar-refractivity contribution in [3.8, 4) is 0 Å². The van der Waals surface area contributed by atoms with Gasteiger partial charge in [-0.15, -0.1) is 0 Å². The Labute approximate surface area is 137 Å². The van der Waals surface area contributed by atoms with Crippen LogP contribution in [-0.4, -0.2) is 34.8 Å². The van der Waals surface area contributed by atoms with Crippen molar-refractivity contribution in [3.05, 3.63) is 48.8 Å². The van der Waals surface area contributed by atoms with E-state index in [1.54, 1.807) is 6.20 Å². The highest BCUT2D eigenvalue weighted by Gasteiger charge is 2.23. The Bertz CT molecular complexity index is 603. The zero-order valence-electron chi connectivity index (χ0n) is 13.6. The molecule has 5 nitrogen and oxygen atoms in total. The summed E-state index contributed by atoms with van der Waals surface area (Å²) in [6.07, 6.45) is 5.62. The average Bonchev–Trinajstić information content (AvgIpc) is 3.09. The predicted octanol–water partition coefficient (Wildman–Crippen LogP) is 2.30. The van der Waals surface area contributed by atoms with E-state index in [0.29, 0.717) is 6.54 Å². The lowest BCUT2D eigenvalue weighted by Gasteiger charge is -2.34. The van der Waals surface area contributed by atoms with Gasteiger partial charge in [-0.2, -0.15) is 5.10 Å². The number of nitrogens with zero attached hydrogens (tertiary/aromatic N) is 3. The summed E-state index contributed by atoms with van der Waals surface area (Å²) in [6.45, 7) is 4.56. The van der Waals surface area contributed by atoms with Gasteiger partial charge in [0.05, 0.1) is 12.5 Å². The van der Waals surface area contributed by atoms with E-state index in [1.807, 2.05) is 29.9 Å². The van der Waals surface area contributed by atoms with Crippen molar-refractivity contribution in [2.24, 2.45) is 5.92 Å². The molecule has 1 atom stereocenters. The van der Waals surface area contributed by atoms with Crippen LogP contribution >= 0.6 is 0 Å². The minimum atomic E-state index is -0.0675. The molecule has 1 saturated heterocycles. The van der Waals surface area contributed by atoms with E-state index in [9.17, 15) is 4.79 Å². The van der Waals surface area contributed by atoms with Crippen LogP contribution < -0.4 is 10.2 Å². The molecule has 0 saturated carbocycles. The maximum Gasteiger partial charge on any atom is 0.224 e. The van der Waals surface area contributed by atoms with Gasteiger partial charge in [0, 0.05) is 37.2 Å². The first-order chi connectivity index (χ1) is 11.2. The molecule has 1 N–H and O–H groups in total. The van der Waals surface area contributed by atoms with Gasteiger partial charge in [0.15, 0.2) is 0 Å². The second-order valence-corrected chi connectivity index (χ2v) is 6.23. The van der Waals surface area contributed by atoms with Gasteiger partial charge >= 0.3 is 0 Å². The molecule has 0 spiro atoms. The van der Waals surface area contributed by atoms with Crippen LogP contribution in [0.1, 0.15) is 19.8 Å². The van der Waals surface area contributed by atoms with Crippen molar-refractivity contribution in [2.75, 3.05) is 18.0 Å². The first kappa shape index (κ1) is 15.6. The SMILES string of the molecule is C[C@@H](Cn1cccn1)C(=O)NC1CCN(c2ccccc2)CC1. The van der Waals surface area contributed by atoms with E-state index in [0.717, 1.165) is 25.9 Å². The lowest BCUT2D eigenvalue weighted by molar-refractivity contribution is -0.125. The van der Waals surface area contributed by atoms with Gasteiger partial charge in [-0.1, -0.05) is 25.1 Å².